The summed E-state index contributed by atoms with van der Waals surface area (Å²) < 4.78 is 23.3. The minimum atomic E-state index is -0.361. The minimum Gasteiger partial charge on any atom is -0.496 e. The van der Waals surface area contributed by atoms with E-state index in [0.717, 1.165) is 0 Å². The predicted octanol–water partition coefficient (Wildman–Crippen LogP) is 1.67. The molecule has 1 aromatic carbocycles. The lowest BCUT2D eigenvalue weighted by molar-refractivity contribution is -0.120. The first-order valence-electron chi connectivity index (χ1n) is 6.41. The van der Waals surface area contributed by atoms with E-state index in [1.165, 1.54) is 19.2 Å². The summed E-state index contributed by atoms with van der Waals surface area (Å²) in [5, 5.41) is 5.73. The van der Waals surface area contributed by atoms with Crippen molar-refractivity contribution < 1.29 is 18.7 Å². The van der Waals surface area contributed by atoms with Gasteiger partial charge in [0.1, 0.15) is 11.6 Å². The van der Waals surface area contributed by atoms with Gasteiger partial charge in [-0.2, -0.15) is 0 Å². The molecule has 0 bridgehead atoms. The Kier molecular flexibility index (Phi) is 9.69. The van der Waals surface area contributed by atoms with E-state index in [1.807, 2.05) is 0 Å². The van der Waals surface area contributed by atoms with Gasteiger partial charge in [0.05, 0.1) is 26.3 Å². The van der Waals surface area contributed by atoms with E-state index < -0.39 is 0 Å². The van der Waals surface area contributed by atoms with Crippen molar-refractivity contribution in [1.29, 1.82) is 0 Å². The van der Waals surface area contributed by atoms with Crippen LogP contribution in [0.1, 0.15) is 18.5 Å². The molecule has 1 atom stereocenters. The van der Waals surface area contributed by atoms with Gasteiger partial charge in [0.15, 0.2) is 0 Å². The van der Waals surface area contributed by atoms with Crippen LogP contribution in [-0.2, 0) is 9.53 Å². The fourth-order valence-electron chi connectivity index (χ4n) is 1.79. The van der Waals surface area contributed by atoms with Gasteiger partial charge in [-0.15, -0.1) is 12.4 Å². The molecule has 7 heteroatoms. The van der Waals surface area contributed by atoms with E-state index in [-0.39, 0.29) is 36.7 Å². The summed E-state index contributed by atoms with van der Waals surface area (Å²) >= 11 is 0. The molecule has 0 spiro atoms. The van der Waals surface area contributed by atoms with E-state index in [4.69, 9.17) is 9.47 Å². The molecule has 21 heavy (non-hydrogen) atoms. The highest BCUT2D eigenvalue weighted by atomic mass is 35.5. The molecule has 2 N–H and O–H groups in total. The van der Waals surface area contributed by atoms with Crippen molar-refractivity contribution in [3.8, 4) is 5.75 Å². The van der Waals surface area contributed by atoms with Gasteiger partial charge in [-0.3, -0.25) is 4.79 Å². The van der Waals surface area contributed by atoms with Crippen molar-refractivity contribution in [3.05, 3.63) is 29.6 Å². The van der Waals surface area contributed by atoms with Crippen LogP contribution in [0.5, 0.6) is 5.75 Å². The molecule has 1 unspecified atom stereocenters. The van der Waals surface area contributed by atoms with Gasteiger partial charge in [0, 0.05) is 19.2 Å². The second kappa shape index (κ2) is 10.4. The third-order valence-electron chi connectivity index (χ3n) is 2.80. The SMILES string of the molecule is COCCNCC(=O)NC(C)c1cc(F)ccc1OC.Cl. The number of carbonyl (C=O) groups excluding carboxylic acids is 1. The van der Waals surface area contributed by atoms with Gasteiger partial charge < -0.3 is 20.1 Å². The molecule has 0 aliphatic rings. The molecule has 0 radical (unpaired) electrons. The van der Waals surface area contributed by atoms with Gasteiger partial charge >= 0.3 is 0 Å². The highest BCUT2D eigenvalue weighted by Gasteiger charge is 2.14. The van der Waals surface area contributed by atoms with Crippen molar-refractivity contribution in [2.75, 3.05) is 33.9 Å². The number of rotatable bonds is 8. The monoisotopic (exact) mass is 320 g/mol. The Morgan fingerprint density at radius 3 is 2.71 bits per heavy atom. The molecule has 0 saturated heterocycles. The average molecular weight is 321 g/mol. The first kappa shape index (κ1) is 19.6. The maximum absolute atomic E-state index is 13.3. The number of carbonyl (C=O) groups is 1. The molecule has 120 valence electrons. The van der Waals surface area contributed by atoms with Gasteiger partial charge in [0.2, 0.25) is 5.91 Å². The quantitative estimate of drug-likeness (QED) is 0.715. The summed E-state index contributed by atoms with van der Waals surface area (Å²) in [6.07, 6.45) is 0. The highest BCUT2D eigenvalue weighted by molar-refractivity contribution is 5.85. The van der Waals surface area contributed by atoms with Gasteiger partial charge in [-0.1, -0.05) is 0 Å². The molecule has 1 amide bonds. The fourth-order valence-corrected chi connectivity index (χ4v) is 1.79. The van der Waals surface area contributed by atoms with E-state index in [2.05, 4.69) is 10.6 Å². The lowest BCUT2D eigenvalue weighted by Gasteiger charge is -2.17. The molecule has 1 aromatic rings. The molecule has 0 saturated carbocycles. The Hall–Kier alpha value is -1.37. The topological polar surface area (TPSA) is 59.6 Å². The van der Waals surface area contributed by atoms with Crippen molar-refractivity contribution in [1.82, 2.24) is 10.6 Å². The van der Waals surface area contributed by atoms with Crippen molar-refractivity contribution in [2.45, 2.75) is 13.0 Å². The van der Waals surface area contributed by atoms with Gasteiger partial charge in [0.25, 0.3) is 0 Å². The highest BCUT2D eigenvalue weighted by Crippen LogP contribution is 2.25. The second-order valence-electron chi connectivity index (χ2n) is 4.35. The Morgan fingerprint density at radius 1 is 1.38 bits per heavy atom. The van der Waals surface area contributed by atoms with Gasteiger partial charge in [-0.25, -0.2) is 4.39 Å². The first-order chi connectivity index (χ1) is 9.58. The van der Waals surface area contributed by atoms with Gasteiger partial charge in [-0.05, 0) is 25.1 Å². The molecule has 1 rings (SSSR count). The normalized spacial score (nSPS) is 11.4. The van der Waals surface area contributed by atoms with Crippen LogP contribution in [0.15, 0.2) is 18.2 Å². The van der Waals surface area contributed by atoms with E-state index >= 15 is 0 Å². The Morgan fingerprint density at radius 2 is 2.10 bits per heavy atom. The standard InChI is InChI=1S/C14H21FN2O3.ClH/c1-10(17-14(18)9-16-6-7-19-2)12-8-11(15)4-5-13(12)20-3;/h4-5,8,10,16H,6-7,9H2,1-3H3,(H,17,18);1H. The van der Waals surface area contributed by atoms with E-state index in [0.29, 0.717) is 24.5 Å². The van der Waals surface area contributed by atoms with Crippen LogP contribution in [0.25, 0.3) is 0 Å². The molecule has 0 aliphatic carbocycles. The second-order valence-corrected chi connectivity index (χ2v) is 4.35. The molecule has 0 fully saturated rings. The van der Waals surface area contributed by atoms with Crippen LogP contribution in [-0.4, -0.2) is 39.8 Å². The summed E-state index contributed by atoms with van der Waals surface area (Å²) in [7, 11) is 3.11. The summed E-state index contributed by atoms with van der Waals surface area (Å²) in [4.78, 5) is 11.7. The number of halogens is 2. The maximum atomic E-state index is 13.3. The Bertz CT molecular complexity index is 446. The predicted molar refractivity (Wildman–Crippen MR) is 81.5 cm³/mol. The number of hydrogen-bond acceptors (Lipinski definition) is 4. The third-order valence-corrected chi connectivity index (χ3v) is 2.80. The molecule has 5 nitrogen and oxygen atoms in total. The lowest BCUT2D eigenvalue weighted by atomic mass is 10.1. The lowest BCUT2D eigenvalue weighted by Crippen LogP contribution is -2.36. The van der Waals surface area contributed by atoms with Crippen molar-refractivity contribution >= 4 is 18.3 Å². The summed E-state index contributed by atoms with van der Waals surface area (Å²) in [5.74, 6) is 0.0200. The minimum absolute atomic E-state index is 0. The van der Waals surface area contributed by atoms with Crippen LogP contribution in [0.4, 0.5) is 4.39 Å². The molecule has 0 aromatic heterocycles. The number of amides is 1. The van der Waals surface area contributed by atoms with Crippen LogP contribution in [0.2, 0.25) is 0 Å². The summed E-state index contributed by atoms with van der Waals surface area (Å²) in [6, 6.07) is 3.90. The zero-order valence-electron chi connectivity index (χ0n) is 12.4. The van der Waals surface area contributed by atoms with Crippen LogP contribution >= 0.6 is 12.4 Å². The Labute approximate surface area is 130 Å². The van der Waals surface area contributed by atoms with Crippen LogP contribution < -0.4 is 15.4 Å². The fraction of sp³-hybridized carbons (Fsp3) is 0.500. The molecular formula is C14H22ClFN2O3. The first-order valence-corrected chi connectivity index (χ1v) is 6.41. The molecular weight excluding hydrogens is 299 g/mol. The number of hydrogen-bond donors (Lipinski definition) is 2. The zero-order valence-corrected chi connectivity index (χ0v) is 13.3. The van der Waals surface area contributed by atoms with E-state index in [1.54, 1.807) is 20.1 Å². The summed E-state index contributed by atoms with van der Waals surface area (Å²) in [5.41, 5.74) is 0.609. The number of ether oxygens (including phenoxy) is 2. The summed E-state index contributed by atoms with van der Waals surface area (Å²) in [6.45, 7) is 3.11. The largest absolute Gasteiger partial charge is 0.496 e. The van der Waals surface area contributed by atoms with E-state index in [9.17, 15) is 9.18 Å². The maximum Gasteiger partial charge on any atom is 0.234 e. The van der Waals surface area contributed by atoms with Crippen LogP contribution in [0.3, 0.4) is 0 Å². The smallest absolute Gasteiger partial charge is 0.234 e. The zero-order chi connectivity index (χ0) is 15.0. The molecule has 0 heterocycles. The van der Waals surface area contributed by atoms with Crippen molar-refractivity contribution in [3.63, 3.8) is 0 Å². The molecule has 0 aliphatic heterocycles. The average Bonchev–Trinajstić information content (AvgIpc) is 2.43. The number of benzene rings is 1. The number of methoxy groups -OCH3 is 2. The Balaban J connectivity index is 0.00000400. The third kappa shape index (κ3) is 6.75. The van der Waals surface area contributed by atoms with Crippen LogP contribution in [0, 0.1) is 5.82 Å². The van der Waals surface area contributed by atoms with Crippen molar-refractivity contribution in [2.24, 2.45) is 0 Å². The number of nitrogens with one attached hydrogen (secondary N) is 2.